The molecule has 0 aliphatic carbocycles. The Morgan fingerprint density at radius 3 is 1.47 bits per heavy atom. The summed E-state index contributed by atoms with van der Waals surface area (Å²) in [7, 11) is 0. The van der Waals surface area contributed by atoms with Gasteiger partial charge in [0.05, 0.1) is 0 Å². The van der Waals surface area contributed by atoms with Crippen LogP contribution in [-0.4, -0.2) is 12.4 Å². The minimum Gasteiger partial charge on any atom is -0.322 e. The van der Waals surface area contributed by atoms with E-state index in [1.165, 1.54) is 12.1 Å². The third-order valence-electron chi connectivity index (χ3n) is 2.64. The predicted octanol–water partition coefficient (Wildman–Crippen LogP) is 4.09. The largest absolute Gasteiger partial charge is 0.404 e. The van der Waals surface area contributed by atoms with Crippen LogP contribution >= 0.6 is 0 Å². The van der Waals surface area contributed by atoms with Gasteiger partial charge in [0, 0.05) is 5.54 Å². The number of alkyl halides is 6. The standard InChI is InChI=1S/C12H13F6N/c1-10(2,19)8-5-3-7(4-6-8)9(11(13,14)15)12(16,17)18/h3-6,9H,19H2,1-2H3. The molecular weight excluding hydrogens is 272 g/mol. The van der Waals surface area contributed by atoms with Crippen LogP contribution in [0.3, 0.4) is 0 Å². The van der Waals surface area contributed by atoms with E-state index in [-0.39, 0.29) is 0 Å². The smallest absolute Gasteiger partial charge is 0.322 e. The third kappa shape index (κ3) is 3.86. The number of nitrogens with two attached hydrogens (primary N) is 1. The fourth-order valence-electron chi connectivity index (χ4n) is 1.67. The Bertz CT molecular complexity index is 410. The third-order valence-corrected chi connectivity index (χ3v) is 2.64. The second-order valence-electron chi connectivity index (χ2n) is 4.86. The Morgan fingerprint density at radius 1 is 0.842 bits per heavy atom. The average Bonchev–Trinajstić information content (AvgIpc) is 2.12. The molecular formula is C12H13F6N. The Hall–Kier alpha value is -1.24. The van der Waals surface area contributed by atoms with Gasteiger partial charge in [-0.1, -0.05) is 24.3 Å². The molecule has 0 atom stereocenters. The maximum atomic E-state index is 12.5. The van der Waals surface area contributed by atoms with Crippen molar-refractivity contribution in [1.29, 1.82) is 0 Å². The van der Waals surface area contributed by atoms with Gasteiger partial charge in [0.25, 0.3) is 0 Å². The zero-order chi connectivity index (χ0) is 15.1. The van der Waals surface area contributed by atoms with Crippen molar-refractivity contribution in [3.05, 3.63) is 35.4 Å². The maximum Gasteiger partial charge on any atom is 0.404 e. The second kappa shape index (κ2) is 4.70. The van der Waals surface area contributed by atoms with E-state index >= 15 is 0 Å². The minimum atomic E-state index is -5.38. The first-order valence-electron chi connectivity index (χ1n) is 5.36. The fourth-order valence-corrected chi connectivity index (χ4v) is 1.67. The lowest BCUT2D eigenvalue weighted by molar-refractivity contribution is -0.253. The SMILES string of the molecule is CC(C)(N)c1ccc(C(C(F)(F)F)C(F)(F)F)cc1. The zero-order valence-corrected chi connectivity index (χ0v) is 10.2. The lowest BCUT2D eigenvalue weighted by atomic mass is 9.91. The molecule has 19 heavy (non-hydrogen) atoms. The van der Waals surface area contributed by atoms with Gasteiger partial charge in [-0.15, -0.1) is 0 Å². The molecule has 1 aromatic rings. The summed E-state index contributed by atoms with van der Waals surface area (Å²) in [6, 6.07) is 3.99. The number of hydrogen-bond donors (Lipinski definition) is 1. The van der Waals surface area contributed by atoms with Crippen LogP contribution in [0.5, 0.6) is 0 Å². The van der Waals surface area contributed by atoms with Crippen molar-refractivity contribution >= 4 is 0 Å². The van der Waals surface area contributed by atoms with Crippen LogP contribution in [0.25, 0.3) is 0 Å². The molecule has 0 bridgehead atoms. The molecule has 2 N–H and O–H groups in total. The first-order chi connectivity index (χ1) is 8.33. The molecule has 0 spiro atoms. The minimum absolute atomic E-state index is 0.458. The topological polar surface area (TPSA) is 26.0 Å². The van der Waals surface area contributed by atoms with Crippen LogP contribution in [-0.2, 0) is 5.54 Å². The van der Waals surface area contributed by atoms with E-state index < -0.39 is 29.4 Å². The molecule has 0 heterocycles. The van der Waals surface area contributed by atoms with E-state index in [9.17, 15) is 26.3 Å². The predicted molar refractivity (Wildman–Crippen MR) is 58.5 cm³/mol. The van der Waals surface area contributed by atoms with Gasteiger partial charge in [0.2, 0.25) is 0 Å². The van der Waals surface area contributed by atoms with Crippen LogP contribution in [0.15, 0.2) is 24.3 Å². The quantitative estimate of drug-likeness (QED) is 0.814. The summed E-state index contributed by atoms with van der Waals surface area (Å²) >= 11 is 0. The van der Waals surface area contributed by atoms with Crippen molar-refractivity contribution in [2.24, 2.45) is 5.73 Å². The Balaban J connectivity index is 3.20. The van der Waals surface area contributed by atoms with E-state index in [1.807, 2.05) is 0 Å². The zero-order valence-electron chi connectivity index (χ0n) is 10.2. The second-order valence-corrected chi connectivity index (χ2v) is 4.86. The number of halogens is 6. The molecule has 1 rings (SSSR count). The number of rotatable bonds is 2. The first kappa shape index (κ1) is 15.8. The van der Waals surface area contributed by atoms with E-state index in [2.05, 4.69) is 0 Å². The van der Waals surface area contributed by atoms with Crippen molar-refractivity contribution in [2.45, 2.75) is 37.7 Å². The van der Waals surface area contributed by atoms with Crippen LogP contribution in [0.4, 0.5) is 26.3 Å². The summed E-state index contributed by atoms with van der Waals surface area (Å²) in [5.41, 5.74) is 4.50. The Morgan fingerprint density at radius 2 is 1.21 bits per heavy atom. The van der Waals surface area contributed by atoms with Gasteiger partial charge in [-0.05, 0) is 25.0 Å². The van der Waals surface area contributed by atoms with Gasteiger partial charge in [0.1, 0.15) is 0 Å². The maximum absolute atomic E-state index is 12.5. The molecule has 0 aromatic heterocycles. The molecule has 0 unspecified atom stereocenters. The molecule has 0 saturated carbocycles. The lowest BCUT2D eigenvalue weighted by Gasteiger charge is -2.24. The monoisotopic (exact) mass is 285 g/mol. The van der Waals surface area contributed by atoms with Crippen LogP contribution in [0, 0.1) is 0 Å². The van der Waals surface area contributed by atoms with E-state index in [0.29, 0.717) is 5.56 Å². The molecule has 0 amide bonds. The van der Waals surface area contributed by atoms with Gasteiger partial charge >= 0.3 is 12.4 Å². The van der Waals surface area contributed by atoms with Crippen LogP contribution in [0.2, 0.25) is 0 Å². The molecule has 0 aliphatic rings. The normalized spacial score (nSPS) is 14.0. The van der Waals surface area contributed by atoms with Gasteiger partial charge in [-0.2, -0.15) is 26.3 Å². The highest BCUT2D eigenvalue weighted by Gasteiger charge is 2.57. The van der Waals surface area contributed by atoms with Gasteiger partial charge in [-0.25, -0.2) is 0 Å². The molecule has 1 aromatic carbocycles. The van der Waals surface area contributed by atoms with Crippen molar-refractivity contribution in [3.63, 3.8) is 0 Å². The highest BCUT2D eigenvalue weighted by atomic mass is 19.4. The van der Waals surface area contributed by atoms with Gasteiger partial charge in [-0.3, -0.25) is 0 Å². The number of hydrogen-bond acceptors (Lipinski definition) is 1. The summed E-state index contributed by atoms with van der Waals surface area (Å²) in [5, 5.41) is 0. The van der Waals surface area contributed by atoms with Gasteiger partial charge in [0.15, 0.2) is 5.92 Å². The van der Waals surface area contributed by atoms with E-state index in [0.717, 1.165) is 12.1 Å². The van der Waals surface area contributed by atoms with Gasteiger partial charge < -0.3 is 5.73 Å². The first-order valence-corrected chi connectivity index (χ1v) is 5.36. The van der Waals surface area contributed by atoms with Crippen molar-refractivity contribution in [1.82, 2.24) is 0 Å². The van der Waals surface area contributed by atoms with Crippen LogP contribution in [0.1, 0.15) is 30.9 Å². The summed E-state index contributed by atoms with van der Waals surface area (Å²) in [5.74, 6) is -3.48. The summed E-state index contributed by atoms with van der Waals surface area (Å²) < 4.78 is 74.9. The van der Waals surface area contributed by atoms with E-state index in [1.54, 1.807) is 13.8 Å². The molecule has 0 saturated heterocycles. The molecule has 108 valence electrons. The summed E-state index contributed by atoms with van der Waals surface area (Å²) in [4.78, 5) is 0. The molecule has 0 aliphatic heterocycles. The Labute approximate surface area is 106 Å². The lowest BCUT2D eigenvalue weighted by Crippen LogP contribution is -2.34. The summed E-state index contributed by atoms with van der Waals surface area (Å²) in [6.45, 7) is 3.21. The number of benzene rings is 1. The van der Waals surface area contributed by atoms with Crippen molar-refractivity contribution in [2.75, 3.05) is 0 Å². The molecule has 0 fully saturated rings. The highest BCUT2D eigenvalue weighted by Crippen LogP contribution is 2.46. The molecule has 7 heteroatoms. The van der Waals surface area contributed by atoms with Crippen molar-refractivity contribution in [3.8, 4) is 0 Å². The summed E-state index contributed by atoms with van der Waals surface area (Å²) in [6.07, 6.45) is -10.8. The molecule has 0 radical (unpaired) electrons. The average molecular weight is 285 g/mol. The Kier molecular flexibility index (Phi) is 3.91. The highest BCUT2D eigenvalue weighted by molar-refractivity contribution is 5.30. The van der Waals surface area contributed by atoms with Crippen molar-refractivity contribution < 1.29 is 26.3 Å². The van der Waals surface area contributed by atoms with Crippen LogP contribution < -0.4 is 5.73 Å². The fraction of sp³-hybridized carbons (Fsp3) is 0.500. The van der Waals surface area contributed by atoms with E-state index in [4.69, 9.17) is 5.73 Å². The molecule has 1 nitrogen and oxygen atoms in total.